The lowest BCUT2D eigenvalue weighted by atomic mass is 9.92. The Morgan fingerprint density at radius 1 is 0.949 bits per heavy atom. The van der Waals surface area contributed by atoms with E-state index in [4.69, 9.17) is 0 Å². The number of anilines is 2. The quantitative estimate of drug-likeness (QED) is 0.287. The Kier molecular flexibility index (Phi) is 7.34. The van der Waals surface area contributed by atoms with Gasteiger partial charge in [-0.2, -0.15) is 26.3 Å². The van der Waals surface area contributed by atoms with Crippen LogP contribution in [0.15, 0.2) is 36.4 Å². The first-order chi connectivity index (χ1) is 18.0. The predicted molar refractivity (Wildman–Crippen MR) is 127 cm³/mol. The average molecular weight is 561 g/mol. The van der Waals surface area contributed by atoms with Crippen LogP contribution in [-0.4, -0.2) is 42.5 Å². The first-order valence-electron chi connectivity index (χ1n) is 12.2. The van der Waals surface area contributed by atoms with Crippen LogP contribution < -0.4 is 15.7 Å². The first-order valence-corrected chi connectivity index (χ1v) is 12.2. The maximum Gasteiger partial charge on any atom is 0.435 e. The fraction of sp³-hybridized carbons (Fsp3) is 0.462. The zero-order chi connectivity index (χ0) is 28.9. The minimum Gasteiger partial charge on any atom is -0.349 e. The van der Waals surface area contributed by atoms with Crippen LogP contribution >= 0.6 is 0 Å². The molecule has 0 saturated heterocycles. The number of benzene rings is 2. The van der Waals surface area contributed by atoms with Gasteiger partial charge in [-0.25, -0.2) is 4.39 Å². The minimum atomic E-state index is -6.28. The van der Waals surface area contributed by atoms with Gasteiger partial charge in [-0.15, -0.1) is 0 Å². The van der Waals surface area contributed by atoms with Crippen LogP contribution in [-0.2, 0) is 5.67 Å². The molecule has 2 amide bonds. The fourth-order valence-electron chi connectivity index (χ4n) is 5.60. The van der Waals surface area contributed by atoms with Gasteiger partial charge in [0.1, 0.15) is 0 Å². The number of amides is 2. The van der Waals surface area contributed by atoms with Gasteiger partial charge in [0.05, 0.1) is 16.8 Å². The molecule has 212 valence electrons. The van der Waals surface area contributed by atoms with E-state index in [0.29, 0.717) is 29.0 Å². The van der Waals surface area contributed by atoms with Crippen molar-refractivity contribution in [3.05, 3.63) is 58.7 Å². The van der Waals surface area contributed by atoms with Crippen LogP contribution in [0, 0.1) is 18.8 Å². The molecule has 3 atom stereocenters. The van der Waals surface area contributed by atoms with Gasteiger partial charge in [-0.05, 0) is 61.8 Å². The molecule has 2 saturated carbocycles. The van der Waals surface area contributed by atoms with Gasteiger partial charge in [0.15, 0.2) is 0 Å². The number of fused-ring (bicyclic) bond motifs is 2. The molecule has 2 aliphatic carbocycles. The van der Waals surface area contributed by atoms with E-state index in [-0.39, 0.29) is 34.1 Å². The molecule has 0 spiro atoms. The van der Waals surface area contributed by atoms with Crippen molar-refractivity contribution < 1.29 is 45.5 Å². The Balaban J connectivity index is 1.63. The van der Waals surface area contributed by atoms with E-state index in [1.165, 1.54) is 25.2 Å². The minimum absolute atomic E-state index is 0.00736. The van der Waals surface area contributed by atoms with Crippen molar-refractivity contribution in [3.8, 4) is 0 Å². The molecule has 2 aromatic carbocycles. The molecule has 4 rings (SSSR count). The van der Waals surface area contributed by atoms with E-state index in [1.54, 1.807) is 0 Å². The van der Waals surface area contributed by atoms with Crippen molar-refractivity contribution in [1.29, 1.82) is 0 Å². The maximum absolute atomic E-state index is 14.5. The van der Waals surface area contributed by atoms with E-state index in [0.717, 1.165) is 38.7 Å². The molecular weight excluding hydrogens is 535 g/mol. The summed E-state index contributed by atoms with van der Waals surface area (Å²) in [5.74, 6) is -0.695. The van der Waals surface area contributed by atoms with Crippen LogP contribution in [0.4, 0.5) is 42.1 Å². The Labute approximate surface area is 219 Å². The highest BCUT2D eigenvalue weighted by Crippen LogP contribution is 2.53. The fourth-order valence-corrected chi connectivity index (χ4v) is 5.60. The van der Waals surface area contributed by atoms with Crippen LogP contribution in [0.5, 0.6) is 0 Å². The molecule has 6 nitrogen and oxygen atoms in total. The normalized spacial score (nSPS) is 21.1. The van der Waals surface area contributed by atoms with E-state index >= 15 is 0 Å². The van der Waals surface area contributed by atoms with Crippen LogP contribution in [0.25, 0.3) is 0 Å². The highest BCUT2D eigenvalue weighted by Gasteiger charge is 2.73. The number of aryl methyl sites for hydroxylation is 1. The summed E-state index contributed by atoms with van der Waals surface area (Å²) in [5, 5.41) is 16.0. The first kappa shape index (κ1) is 28.7. The molecular formula is C26H26F7N3O3. The predicted octanol–water partition coefficient (Wildman–Crippen LogP) is 6.28. The summed E-state index contributed by atoms with van der Waals surface area (Å²) in [6.45, 7) is 1.10. The molecule has 2 fully saturated rings. The lowest BCUT2D eigenvalue weighted by Crippen LogP contribution is -2.50. The zero-order valence-corrected chi connectivity index (χ0v) is 20.9. The molecule has 0 radical (unpaired) electrons. The standard InChI is InChI=1S/C26H26F7N3O3/c1-13-10-16(24(27,25(28,29)30)26(31,32)33)8-9-18(13)34-22(37)17-4-3-5-20(36(2)39)21(17)23(38)35-19-12-14-6-7-15(19)11-14/h3-5,8-10,14-15,19,39H,6-7,11-12H2,1-2H3,(H,34,37)(H,35,38). The van der Waals surface area contributed by atoms with Crippen molar-refractivity contribution in [3.63, 3.8) is 0 Å². The number of hydrogen-bond acceptors (Lipinski definition) is 4. The van der Waals surface area contributed by atoms with Crippen molar-refractivity contribution >= 4 is 23.2 Å². The number of halogens is 7. The van der Waals surface area contributed by atoms with Gasteiger partial charge in [0.2, 0.25) is 0 Å². The van der Waals surface area contributed by atoms with Gasteiger partial charge in [0.25, 0.3) is 11.8 Å². The smallest absolute Gasteiger partial charge is 0.349 e. The van der Waals surface area contributed by atoms with E-state index < -0.39 is 35.4 Å². The largest absolute Gasteiger partial charge is 0.435 e. The van der Waals surface area contributed by atoms with Gasteiger partial charge >= 0.3 is 18.0 Å². The van der Waals surface area contributed by atoms with Gasteiger partial charge in [-0.1, -0.05) is 24.6 Å². The van der Waals surface area contributed by atoms with Gasteiger partial charge in [-0.3, -0.25) is 19.9 Å². The Morgan fingerprint density at radius 2 is 1.62 bits per heavy atom. The molecule has 0 aromatic heterocycles. The summed E-state index contributed by atoms with van der Waals surface area (Å²) in [6, 6.07) is 5.38. The van der Waals surface area contributed by atoms with Crippen molar-refractivity contribution in [2.45, 2.75) is 56.7 Å². The third-order valence-electron chi connectivity index (χ3n) is 7.57. The molecule has 0 aliphatic heterocycles. The molecule has 3 unspecified atom stereocenters. The number of hydroxylamine groups is 1. The van der Waals surface area contributed by atoms with Crippen LogP contribution in [0.3, 0.4) is 0 Å². The molecule has 2 aromatic rings. The lowest BCUT2D eigenvalue weighted by molar-refractivity contribution is -0.348. The third-order valence-corrected chi connectivity index (χ3v) is 7.57. The van der Waals surface area contributed by atoms with E-state index in [2.05, 4.69) is 10.6 Å². The monoisotopic (exact) mass is 561 g/mol. The number of nitrogens with one attached hydrogen (secondary N) is 2. The maximum atomic E-state index is 14.5. The number of nitrogens with zero attached hydrogens (tertiary/aromatic N) is 1. The Bertz CT molecular complexity index is 1260. The van der Waals surface area contributed by atoms with Crippen molar-refractivity contribution in [2.75, 3.05) is 17.4 Å². The summed E-state index contributed by atoms with van der Waals surface area (Å²) < 4.78 is 93.3. The SMILES string of the molecule is Cc1cc(C(F)(C(F)(F)F)C(F)(F)F)ccc1NC(=O)c1cccc(N(C)O)c1C(=O)NC1CC2CCC1C2. The molecule has 3 N–H and O–H groups in total. The zero-order valence-electron chi connectivity index (χ0n) is 20.9. The molecule has 0 heterocycles. The molecule has 13 heteroatoms. The number of hydrogen-bond donors (Lipinski definition) is 3. The topological polar surface area (TPSA) is 81.7 Å². The third kappa shape index (κ3) is 5.15. The second kappa shape index (κ2) is 10.00. The highest BCUT2D eigenvalue weighted by atomic mass is 19.4. The number of carbonyl (C=O) groups is 2. The number of alkyl halides is 7. The van der Waals surface area contributed by atoms with E-state index in [1.807, 2.05) is 0 Å². The summed E-state index contributed by atoms with van der Waals surface area (Å²) >= 11 is 0. The van der Waals surface area contributed by atoms with Crippen LogP contribution in [0.2, 0.25) is 0 Å². The van der Waals surface area contributed by atoms with Crippen molar-refractivity contribution in [2.24, 2.45) is 11.8 Å². The molecule has 2 aliphatic rings. The van der Waals surface area contributed by atoms with Gasteiger partial charge in [0, 0.05) is 24.3 Å². The summed E-state index contributed by atoms with van der Waals surface area (Å²) in [7, 11) is 1.25. The highest BCUT2D eigenvalue weighted by molar-refractivity contribution is 6.14. The second-order valence-corrected chi connectivity index (χ2v) is 10.1. The summed E-state index contributed by atoms with van der Waals surface area (Å²) in [4.78, 5) is 26.5. The summed E-state index contributed by atoms with van der Waals surface area (Å²) in [5.41, 5.74) is -8.12. The summed E-state index contributed by atoms with van der Waals surface area (Å²) in [6.07, 6.45) is -8.69. The molecule has 2 bridgehead atoms. The van der Waals surface area contributed by atoms with Crippen LogP contribution in [0.1, 0.15) is 57.5 Å². The number of carbonyl (C=O) groups excluding carboxylic acids is 2. The average Bonchev–Trinajstić information content (AvgIpc) is 3.46. The van der Waals surface area contributed by atoms with Gasteiger partial charge < -0.3 is 10.6 Å². The Hall–Kier alpha value is -3.35. The second-order valence-electron chi connectivity index (χ2n) is 10.1. The molecule has 39 heavy (non-hydrogen) atoms. The lowest BCUT2D eigenvalue weighted by Gasteiger charge is -2.30. The number of rotatable bonds is 6. The Morgan fingerprint density at radius 3 is 2.13 bits per heavy atom. The van der Waals surface area contributed by atoms with Crippen molar-refractivity contribution in [1.82, 2.24) is 5.32 Å². The van der Waals surface area contributed by atoms with E-state index in [9.17, 15) is 45.5 Å².